The van der Waals surface area contributed by atoms with Crippen molar-refractivity contribution in [2.75, 3.05) is 0 Å². The number of hydrogen-bond donors (Lipinski definition) is 0. The largest absolute Gasteiger partial charge is 0.307 e. The maximum Gasteiger partial charge on any atom is 0.240 e. The highest BCUT2D eigenvalue weighted by atomic mass is 28.3. The van der Waals surface area contributed by atoms with E-state index in [-0.39, 0.29) is 22.2 Å². The van der Waals surface area contributed by atoms with Gasteiger partial charge in [-0.2, -0.15) is 15.0 Å². The summed E-state index contributed by atoms with van der Waals surface area (Å²) < 4.78 is 216. The van der Waals surface area contributed by atoms with Crippen LogP contribution in [0.25, 0.3) is 94.4 Å². The van der Waals surface area contributed by atoms with Gasteiger partial charge in [-0.25, -0.2) is 0 Å². The minimum absolute atomic E-state index is 0.203. The van der Waals surface area contributed by atoms with E-state index in [1.54, 1.807) is 12.1 Å². The van der Waals surface area contributed by atoms with Crippen LogP contribution in [-0.2, 0) is 0 Å². The average molecular weight is 934 g/mol. The van der Waals surface area contributed by atoms with E-state index < -0.39 is 219 Å². The maximum absolute atomic E-state index is 9.99. The lowest BCUT2D eigenvalue weighted by atomic mass is 10.1. The van der Waals surface area contributed by atoms with Gasteiger partial charge >= 0.3 is 0 Å². The van der Waals surface area contributed by atoms with Crippen molar-refractivity contribution in [3.8, 4) is 29.0 Å². The fourth-order valence-electron chi connectivity index (χ4n) is 9.82. The van der Waals surface area contributed by atoms with Gasteiger partial charge in [0, 0.05) is 37.9 Å². The van der Waals surface area contributed by atoms with Crippen LogP contribution in [0.2, 0.25) is 0 Å². The molecular weight excluding hydrogens is 869 g/mol. The summed E-state index contributed by atoms with van der Waals surface area (Å²) in [6.07, 6.45) is 0. The number of para-hydroxylation sites is 6. The van der Waals surface area contributed by atoms with Crippen molar-refractivity contribution >= 4 is 94.2 Å². The predicted molar refractivity (Wildman–Crippen MR) is 292 cm³/mol. The number of benzene rings is 10. The average Bonchev–Trinajstić information content (AvgIpc) is 1.53. The summed E-state index contributed by atoms with van der Waals surface area (Å²) in [7, 11) is -3.46. The van der Waals surface area contributed by atoms with E-state index in [1.807, 2.05) is 103 Å². The second-order valence-electron chi connectivity index (χ2n) is 16.3. The molecule has 0 spiro atoms. The highest BCUT2D eigenvalue weighted by molar-refractivity contribution is 7.19. The number of nitrogens with zero attached hydrogens (tertiary/aromatic N) is 6. The van der Waals surface area contributed by atoms with Crippen LogP contribution in [-0.4, -0.2) is 36.7 Å². The molecule has 10 aromatic carbocycles. The Balaban J connectivity index is 1.24. The minimum atomic E-state index is -3.46. The van der Waals surface area contributed by atoms with Gasteiger partial charge < -0.3 is 4.57 Å². The molecule has 0 amide bonds. The molecule has 4 aromatic heterocycles. The second kappa shape index (κ2) is 16.0. The molecule has 0 saturated carbocycles. The molecule has 0 aliphatic carbocycles. The Morgan fingerprint density at radius 2 is 0.714 bits per heavy atom. The zero-order valence-corrected chi connectivity index (χ0v) is 37.2. The normalized spacial score (nSPS) is 16.6. The Labute approximate surface area is 437 Å². The summed E-state index contributed by atoms with van der Waals surface area (Å²) in [5, 5.41) is 0.982. The lowest BCUT2D eigenvalue weighted by Crippen LogP contribution is -2.74. The smallest absolute Gasteiger partial charge is 0.240 e. The first-order valence-electron chi connectivity index (χ1n) is 33.4. The molecule has 0 saturated heterocycles. The first-order chi connectivity index (χ1) is 44.3. The number of aromatic nitrogens is 6. The SMILES string of the molecule is [2H]c1c([2H])c([2H])c2c(c1[2H])c1c([2H])c([2H])c([2H])c([2H])c1n2-c1nc(-c2cccc([Si](c3ccccc3)(c3ccccc3)c3ccccc3)c2)nc(-n2c3c([2H])c([2H])c([2H])c([2H])c3c3c([2H])c([2H])c([2H])c(-n4c5c([2H])c([2H])c([2H])c([2H])c5c5c([2H])c([2H])c([2H])c([2H])c54)c32)n1. The zero-order chi connectivity index (χ0) is 66.2. The maximum atomic E-state index is 9.99. The van der Waals surface area contributed by atoms with Gasteiger partial charge in [-0.1, -0.05) is 218 Å². The van der Waals surface area contributed by atoms with Gasteiger partial charge in [0.05, 0.1) is 70.3 Å². The van der Waals surface area contributed by atoms with Crippen molar-refractivity contribution in [3.63, 3.8) is 0 Å². The molecule has 70 heavy (non-hydrogen) atoms. The molecule has 14 aromatic rings. The van der Waals surface area contributed by atoms with Gasteiger partial charge in [-0.05, 0) is 57.0 Å². The van der Waals surface area contributed by atoms with Crippen molar-refractivity contribution in [2.45, 2.75) is 0 Å². The summed E-state index contributed by atoms with van der Waals surface area (Å²) in [5.41, 5.74) is -3.52. The molecule has 0 radical (unpaired) electrons. The van der Waals surface area contributed by atoms with E-state index in [9.17, 15) is 19.2 Å². The molecule has 328 valence electrons. The van der Waals surface area contributed by atoms with Gasteiger partial charge in [-0.3, -0.25) is 9.13 Å². The van der Waals surface area contributed by atoms with E-state index >= 15 is 0 Å². The van der Waals surface area contributed by atoms with Crippen molar-refractivity contribution in [1.29, 1.82) is 0 Å². The Morgan fingerprint density at radius 1 is 0.329 bits per heavy atom. The fraction of sp³-hybridized carbons (Fsp3) is 0. The molecule has 0 fully saturated rings. The second-order valence-corrected chi connectivity index (χ2v) is 20.1. The van der Waals surface area contributed by atoms with E-state index in [2.05, 4.69) is 0 Å². The van der Waals surface area contributed by atoms with Gasteiger partial charge in [0.25, 0.3) is 0 Å². The number of rotatable bonds is 8. The van der Waals surface area contributed by atoms with Crippen molar-refractivity contribution < 1.29 is 31.5 Å². The molecule has 0 bridgehead atoms. The molecule has 6 nitrogen and oxygen atoms in total. The van der Waals surface area contributed by atoms with E-state index in [0.717, 1.165) is 34.4 Å². The van der Waals surface area contributed by atoms with Crippen LogP contribution in [0.1, 0.15) is 31.5 Å². The molecule has 0 aliphatic rings. The lowest BCUT2D eigenvalue weighted by molar-refractivity contribution is 0.891. The third-order valence-electron chi connectivity index (χ3n) is 12.7. The summed E-state index contributed by atoms with van der Waals surface area (Å²) in [4.78, 5) is 15.2. The van der Waals surface area contributed by atoms with E-state index in [4.69, 9.17) is 27.3 Å². The van der Waals surface area contributed by atoms with Crippen LogP contribution >= 0.6 is 0 Å². The first-order valence-corrected chi connectivity index (χ1v) is 23.9. The summed E-state index contributed by atoms with van der Waals surface area (Å²) in [6.45, 7) is 0. The Hall–Kier alpha value is -9.17. The van der Waals surface area contributed by atoms with Gasteiger partial charge in [0.15, 0.2) is 13.9 Å². The van der Waals surface area contributed by atoms with E-state index in [1.165, 1.54) is 0 Å². The van der Waals surface area contributed by atoms with Crippen molar-refractivity contribution in [1.82, 2.24) is 28.7 Å². The molecule has 0 N–H and O–H groups in total. The Morgan fingerprint density at radius 3 is 1.20 bits per heavy atom. The number of fused-ring (bicyclic) bond motifs is 9. The van der Waals surface area contributed by atoms with Crippen LogP contribution in [0.3, 0.4) is 0 Å². The standard InChI is InChI=1S/C63H42N6Si/c1-4-23-44(24-5-1)70(45-25-6-2-7-26-45,46-27-8-3-9-28-46)47-29-20-22-43(42-47)61-64-62(68-56-38-17-12-32-50(56)51-33-13-18-39-57(51)68)66-63(65-61)69-58-40-19-14-34-52(58)53-35-21-41-59(60(53)69)67-54-36-15-10-30-48(54)49-31-11-16-37-55(49)67/h1-42H/i10D,11D,12D,13D,14D,15D,16D,17D,18D,19D,21D,30D,31D,32D,33D,34D,35D,36D,37D,38D,39D,40D,41D. The molecule has 0 atom stereocenters. The van der Waals surface area contributed by atoms with Crippen LogP contribution in [0.5, 0.6) is 0 Å². The Kier molecular flexibility index (Phi) is 5.30. The van der Waals surface area contributed by atoms with Crippen molar-refractivity contribution in [3.05, 3.63) is 254 Å². The molecule has 0 unspecified atom stereocenters. The first kappa shape index (κ1) is 23.2. The molecule has 0 aliphatic heterocycles. The molecule has 4 heterocycles. The van der Waals surface area contributed by atoms with Crippen LogP contribution in [0.15, 0.2) is 254 Å². The summed E-state index contributed by atoms with van der Waals surface area (Å²) in [5.74, 6) is -1.60. The summed E-state index contributed by atoms with van der Waals surface area (Å²) >= 11 is 0. The number of hydrogen-bond acceptors (Lipinski definition) is 3. The van der Waals surface area contributed by atoms with E-state index in [0.29, 0.717) is 0 Å². The highest BCUT2D eigenvalue weighted by Crippen LogP contribution is 2.40. The van der Waals surface area contributed by atoms with Crippen LogP contribution in [0.4, 0.5) is 0 Å². The van der Waals surface area contributed by atoms with Crippen LogP contribution < -0.4 is 20.7 Å². The Bertz CT molecular complexity index is 5430. The quantitative estimate of drug-likeness (QED) is 0.113. The molecule has 14 rings (SSSR count). The third kappa shape index (κ3) is 5.95. The fourth-order valence-corrected chi connectivity index (χ4v) is 14.6. The van der Waals surface area contributed by atoms with Gasteiger partial charge in [0.2, 0.25) is 11.9 Å². The topological polar surface area (TPSA) is 53.5 Å². The highest BCUT2D eigenvalue weighted by Gasteiger charge is 2.41. The van der Waals surface area contributed by atoms with Gasteiger partial charge in [0.1, 0.15) is 0 Å². The molecule has 7 heteroatoms. The monoisotopic (exact) mass is 933 g/mol. The summed E-state index contributed by atoms with van der Waals surface area (Å²) in [6, 6.07) is 18.2. The lowest BCUT2D eigenvalue weighted by Gasteiger charge is -2.34. The van der Waals surface area contributed by atoms with Crippen LogP contribution in [0, 0.1) is 0 Å². The van der Waals surface area contributed by atoms with Gasteiger partial charge in [-0.15, -0.1) is 0 Å². The predicted octanol–water partition coefficient (Wildman–Crippen LogP) is 12.2. The van der Waals surface area contributed by atoms with Crippen molar-refractivity contribution in [2.24, 2.45) is 0 Å². The third-order valence-corrected chi connectivity index (χ3v) is 17.4. The zero-order valence-electron chi connectivity index (χ0n) is 59.2. The molecular formula is C63H42N6Si. The minimum Gasteiger partial charge on any atom is -0.307 e.